The number of anilines is 1. The van der Waals surface area contributed by atoms with Crippen LogP contribution in [-0.2, 0) is 4.79 Å². The zero-order chi connectivity index (χ0) is 24.9. The molecule has 0 radical (unpaired) electrons. The summed E-state index contributed by atoms with van der Waals surface area (Å²) in [5, 5.41) is 10.9. The molecule has 0 bridgehead atoms. The second-order valence-electron chi connectivity index (χ2n) is 10.1. The van der Waals surface area contributed by atoms with Gasteiger partial charge in [-0.1, -0.05) is 41.9 Å². The number of carbonyl (C=O) groups excluding carboxylic acids is 2. The van der Waals surface area contributed by atoms with Gasteiger partial charge in [-0.2, -0.15) is 0 Å². The molecule has 1 N–H and O–H groups in total. The van der Waals surface area contributed by atoms with Gasteiger partial charge in [0.1, 0.15) is 0 Å². The molecule has 2 aromatic carbocycles. The quantitative estimate of drug-likeness (QED) is 0.632. The van der Waals surface area contributed by atoms with Crippen LogP contribution in [0.15, 0.2) is 48.5 Å². The molecule has 2 fully saturated rings. The second kappa shape index (κ2) is 11.4. The molecule has 0 saturated carbocycles. The fourth-order valence-corrected chi connectivity index (χ4v) is 5.61. The van der Waals surface area contributed by atoms with E-state index in [1.54, 1.807) is 26.2 Å². The number of nitrogens with zero attached hydrogens (tertiary/aromatic N) is 3. The number of aliphatic hydroxyl groups excluding tert-OH is 1. The molecule has 1 atom stereocenters. The Morgan fingerprint density at radius 3 is 2.14 bits per heavy atom. The number of carbonyl (C=O) groups is 2. The van der Waals surface area contributed by atoms with Crippen molar-refractivity contribution in [3.8, 4) is 0 Å². The number of hydrogen-bond donors (Lipinski definition) is 1. The molecule has 2 aliphatic heterocycles. The number of benzene rings is 2. The van der Waals surface area contributed by atoms with Gasteiger partial charge in [0.2, 0.25) is 0 Å². The van der Waals surface area contributed by atoms with Crippen LogP contribution in [0, 0.1) is 11.8 Å². The Morgan fingerprint density at radius 1 is 0.971 bits per heavy atom. The molecule has 4 rings (SSSR count). The van der Waals surface area contributed by atoms with Gasteiger partial charge in [-0.3, -0.25) is 9.59 Å². The molecule has 1 unspecified atom stereocenters. The normalized spacial score (nSPS) is 18.4. The highest BCUT2D eigenvalue weighted by Gasteiger charge is 2.30. The zero-order valence-electron chi connectivity index (χ0n) is 20.7. The van der Waals surface area contributed by atoms with E-state index in [-0.39, 0.29) is 11.8 Å². The largest absolute Gasteiger partial charge is 0.378 e. The molecule has 2 aromatic rings. The fourth-order valence-electron chi connectivity index (χ4n) is 5.35. The zero-order valence-corrected chi connectivity index (χ0v) is 21.5. The van der Waals surface area contributed by atoms with E-state index in [2.05, 4.69) is 4.90 Å². The van der Waals surface area contributed by atoms with Crippen molar-refractivity contribution < 1.29 is 14.7 Å². The monoisotopic (exact) mass is 497 g/mol. The summed E-state index contributed by atoms with van der Waals surface area (Å²) in [6, 6.07) is 14.9. The average molecular weight is 498 g/mol. The molecule has 0 aromatic heterocycles. The Morgan fingerprint density at radius 2 is 1.57 bits per heavy atom. The van der Waals surface area contributed by atoms with Crippen LogP contribution in [0.5, 0.6) is 0 Å². The lowest BCUT2D eigenvalue weighted by Gasteiger charge is -2.38. The van der Waals surface area contributed by atoms with Crippen LogP contribution in [0.3, 0.4) is 0 Å². The van der Waals surface area contributed by atoms with E-state index in [1.165, 1.54) is 11.3 Å². The Bertz CT molecular complexity index is 1010. The van der Waals surface area contributed by atoms with Gasteiger partial charge in [0.25, 0.3) is 11.8 Å². The fraction of sp³-hybridized carbons (Fsp3) is 0.500. The summed E-state index contributed by atoms with van der Waals surface area (Å²) < 4.78 is 0. The third-order valence-electron chi connectivity index (χ3n) is 7.51. The van der Waals surface area contributed by atoms with E-state index < -0.39 is 6.10 Å². The van der Waals surface area contributed by atoms with E-state index in [0.717, 1.165) is 57.5 Å². The summed E-state index contributed by atoms with van der Waals surface area (Å²) in [4.78, 5) is 30.7. The number of aliphatic hydroxyl groups is 1. The van der Waals surface area contributed by atoms with Gasteiger partial charge in [-0.05, 0) is 67.7 Å². The molecule has 35 heavy (non-hydrogen) atoms. The summed E-state index contributed by atoms with van der Waals surface area (Å²) in [5.41, 5.74) is 2.27. The van der Waals surface area contributed by atoms with E-state index in [9.17, 15) is 14.7 Å². The number of piperidine rings is 2. The van der Waals surface area contributed by atoms with Gasteiger partial charge in [0, 0.05) is 46.0 Å². The third kappa shape index (κ3) is 6.17. The molecular formula is C28H36ClN3O3. The maximum atomic E-state index is 12.7. The number of likely N-dealkylation sites (tertiary alicyclic amines) is 1. The van der Waals surface area contributed by atoms with Crippen molar-refractivity contribution in [3.05, 3.63) is 64.7 Å². The highest BCUT2D eigenvalue weighted by molar-refractivity contribution is 6.34. The minimum absolute atomic E-state index is 0.0809. The Kier molecular flexibility index (Phi) is 8.34. The van der Waals surface area contributed by atoms with Crippen molar-refractivity contribution in [1.29, 1.82) is 0 Å². The summed E-state index contributed by atoms with van der Waals surface area (Å²) in [7, 11) is 3.46. The van der Waals surface area contributed by atoms with Gasteiger partial charge < -0.3 is 19.8 Å². The predicted molar refractivity (Wildman–Crippen MR) is 140 cm³/mol. The minimum Gasteiger partial charge on any atom is -0.378 e. The van der Waals surface area contributed by atoms with Gasteiger partial charge in [-0.15, -0.1) is 0 Å². The first kappa shape index (κ1) is 25.5. The van der Waals surface area contributed by atoms with Crippen LogP contribution in [0.1, 0.15) is 54.1 Å². The Hall–Kier alpha value is -2.57. The van der Waals surface area contributed by atoms with Crippen LogP contribution in [0.2, 0.25) is 5.02 Å². The SMILES string of the molecule is CN(C)C(=O)c1ccc(N2CCC(CC3CCN(C(=O)C(O)c4ccccc4)CC3)CC2)cc1Cl. The summed E-state index contributed by atoms with van der Waals surface area (Å²) in [6.45, 7) is 3.43. The van der Waals surface area contributed by atoms with Gasteiger partial charge in [0.15, 0.2) is 6.10 Å². The maximum absolute atomic E-state index is 12.7. The van der Waals surface area contributed by atoms with Crippen molar-refractivity contribution in [2.24, 2.45) is 11.8 Å². The highest BCUT2D eigenvalue weighted by atomic mass is 35.5. The lowest BCUT2D eigenvalue weighted by atomic mass is 9.82. The van der Waals surface area contributed by atoms with Crippen LogP contribution in [0.4, 0.5) is 5.69 Å². The molecule has 7 heteroatoms. The number of rotatable bonds is 6. The van der Waals surface area contributed by atoms with Crippen molar-refractivity contribution in [3.63, 3.8) is 0 Å². The molecule has 2 heterocycles. The molecule has 2 saturated heterocycles. The second-order valence-corrected chi connectivity index (χ2v) is 10.5. The first-order chi connectivity index (χ1) is 16.8. The number of halogens is 1. The van der Waals surface area contributed by atoms with Gasteiger partial charge in [0.05, 0.1) is 10.6 Å². The van der Waals surface area contributed by atoms with E-state index >= 15 is 0 Å². The molecule has 0 aliphatic carbocycles. The smallest absolute Gasteiger partial charge is 0.256 e. The third-order valence-corrected chi connectivity index (χ3v) is 7.82. The first-order valence-corrected chi connectivity index (χ1v) is 13.0. The molecule has 188 valence electrons. The topological polar surface area (TPSA) is 64.1 Å². The predicted octanol–water partition coefficient (Wildman–Crippen LogP) is 4.62. The van der Waals surface area contributed by atoms with E-state index in [4.69, 9.17) is 11.6 Å². The van der Waals surface area contributed by atoms with Crippen LogP contribution in [0.25, 0.3) is 0 Å². The molecule has 0 spiro atoms. The van der Waals surface area contributed by atoms with Crippen LogP contribution < -0.4 is 4.90 Å². The van der Waals surface area contributed by atoms with Crippen molar-refractivity contribution in [1.82, 2.24) is 9.80 Å². The lowest BCUT2D eigenvalue weighted by Crippen LogP contribution is -2.42. The van der Waals surface area contributed by atoms with Crippen molar-refractivity contribution in [2.45, 2.75) is 38.2 Å². The summed E-state index contributed by atoms with van der Waals surface area (Å²) in [6.07, 6.45) is 4.42. The lowest BCUT2D eigenvalue weighted by molar-refractivity contribution is -0.142. The Balaban J connectivity index is 1.23. The average Bonchev–Trinajstić information content (AvgIpc) is 2.88. The van der Waals surface area contributed by atoms with Crippen LogP contribution >= 0.6 is 11.6 Å². The van der Waals surface area contributed by atoms with E-state index in [0.29, 0.717) is 28.0 Å². The Labute approximate surface area is 213 Å². The number of amides is 2. The standard InChI is InChI=1S/C28H36ClN3O3/c1-30(2)27(34)24-9-8-23(19-25(24)29)31-14-10-20(11-15-31)18-21-12-16-32(17-13-21)28(35)26(33)22-6-4-3-5-7-22/h3-9,19-21,26,33H,10-18H2,1-2H3. The highest BCUT2D eigenvalue weighted by Crippen LogP contribution is 2.33. The molecule has 2 aliphatic rings. The van der Waals surface area contributed by atoms with E-state index in [1.807, 2.05) is 41.3 Å². The van der Waals surface area contributed by atoms with Gasteiger partial charge in [-0.25, -0.2) is 0 Å². The van der Waals surface area contributed by atoms with Crippen molar-refractivity contribution >= 4 is 29.1 Å². The summed E-state index contributed by atoms with van der Waals surface area (Å²) >= 11 is 6.42. The first-order valence-electron chi connectivity index (χ1n) is 12.6. The molecule has 2 amide bonds. The number of hydrogen-bond acceptors (Lipinski definition) is 4. The summed E-state index contributed by atoms with van der Waals surface area (Å²) in [5.74, 6) is 1.07. The van der Waals surface area contributed by atoms with Crippen molar-refractivity contribution in [2.75, 3.05) is 45.2 Å². The van der Waals surface area contributed by atoms with Crippen LogP contribution in [-0.4, -0.2) is 67.0 Å². The van der Waals surface area contributed by atoms with Gasteiger partial charge >= 0.3 is 0 Å². The minimum atomic E-state index is -1.07. The molecular weight excluding hydrogens is 462 g/mol. The molecule has 6 nitrogen and oxygen atoms in total. The maximum Gasteiger partial charge on any atom is 0.256 e.